The van der Waals surface area contributed by atoms with Gasteiger partial charge < -0.3 is 9.47 Å². The van der Waals surface area contributed by atoms with Crippen molar-refractivity contribution in [1.82, 2.24) is 9.66 Å². The number of ether oxygens (including phenoxy) is 2. The second-order valence-corrected chi connectivity index (χ2v) is 12.4. The SMILES string of the molecule is CCOc1cc(C)c(-c2nc3ccccc3c(=O)n2N=Cc2ccc(OCc3ccc(Br)cc3Br)c([N+](=O)[O-])c2)cc1C(C)C. The molecule has 0 bridgehead atoms. The van der Waals surface area contributed by atoms with Crippen LogP contribution in [0.25, 0.3) is 22.3 Å². The number of nitro benzene ring substituents is 1. The average Bonchev–Trinajstić information content (AvgIpc) is 3.00. The van der Waals surface area contributed by atoms with Crippen LogP contribution < -0.4 is 15.0 Å². The highest BCUT2D eigenvalue weighted by Gasteiger charge is 2.20. The van der Waals surface area contributed by atoms with Crippen molar-refractivity contribution in [3.8, 4) is 22.9 Å². The number of fused-ring (bicyclic) bond motifs is 1. The fourth-order valence-corrected chi connectivity index (χ4v) is 6.04. The third-order valence-electron chi connectivity index (χ3n) is 7.17. The predicted octanol–water partition coefficient (Wildman–Crippen LogP) is 8.79. The number of halogens is 2. The summed E-state index contributed by atoms with van der Waals surface area (Å²) in [5.41, 5.74) is 3.78. The van der Waals surface area contributed by atoms with E-state index in [2.05, 4.69) is 50.8 Å². The van der Waals surface area contributed by atoms with Crippen molar-refractivity contribution >= 4 is 54.7 Å². The first-order valence-electron chi connectivity index (χ1n) is 14.3. The van der Waals surface area contributed by atoms with Gasteiger partial charge in [0.05, 0.1) is 28.6 Å². The Hall–Kier alpha value is -4.35. The Morgan fingerprint density at radius 1 is 1.02 bits per heavy atom. The van der Waals surface area contributed by atoms with Gasteiger partial charge in [0.1, 0.15) is 12.4 Å². The number of benzene rings is 4. The molecule has 5 aromatic rings. The highest BCUT2D eigenvalue weighted by molar-refractivity contribution is 9.11. The largest absolute Gasteiger partial charge is 0.494 e. The van der Waals surface area contributed by atoms with E-state index >= 15 is 0 Å². The van der Waals surface area contributed by atoms with Gasteiger partial charge in [-0.2, -0.15) is 9.78 Å². The van der Waals surface area contributed by atoms with E-state index in [0.717, 1.165) is 36.9 Å². The summed E-state index contributed by atoms with van der Waals surface area (Å²) in [5, 5.41) is 16.9. The van der Waals surface area contributed by atoms with Gasteiger partial charge in [-0.1, -0.05) is 63.9 Å². The minimum absolute atomic E-state index is 0.114. The second kappa shape index (κ2) is 13.7. The van der Waals surface area contributed by atoms with Gasteiger partial charge in [-0.05, 0) is 79.4 Å². The van der Waals surface area contributed by atoms with E-state index in [4.69, 9.17) is 14.5 Å². The smallest absolute Gasteiger partial charge is 0.311 e. The zero-order valence-corrected chi connectivity index (χ0v) is 28.3. The second-order valence-electron chi connectivity index (χ2n) is 10.6. The molecule has 0 radical (unpaired) electrons. The summed E-state index contributed by atoms with van der Waals surface area (Å²) < 4.78 is 14.7. The van der Waals surface area contributed by atoms with E-state index in [1.54, 1.807) is 24.3 Å². The number of para-hydroxylation sites is 1. The summed E-state index contributed by atoms with van der Waals surface area (Å²) in [7, 11) is 0. The van der Waals surface area contributed by atoms with E-state index in [0.29, 0.717) is 28.9 Å². The molecule has 0 saturated heterocycles. The Labute approximate surface area is 276 Å². The average molecular weight is 734 g/mol. The quantitative estimate of drug-likeness (QED) is 0.0807. The van der Waals surface area contributed by atoms with E-state index in [-0.39, 0.29) is 29.5 Å². The van der Waals surface area contributed by atoms with Crippen LogP contribution in [0.5, 0.6) is 11.5 Å². The highest BCUT2D eigenvalue weighted by Crippen LogP contribution is 2.35. The molecule has 4 aromatic carbocycles. The van der Waals surface area contributed by atoms with Gasteiger partial charge in [0.25, 0.3) is 5.56 Å². The Morgan fingerprint density at radius 2 is 1.80 bits per heavy atom. The van der Waals surface area contributed by atoms with Crippen LogP contribution in [0, 0.1) is 17.0 Å². The molecule has 0 spiro atoms. The third kappa shape index (κ3) is 6.99. The molecule has 0 unspecified atom stereocenters. The van der Waals surface area contributed by atoms with Crippen LogP contribution >= 0.6 is 31.9 Å². The lowest BCUT2D eigenvalue weighted by molar-refractivity contribution is -0.385. The van der Waals surface area contributed by atoms with E-state index in [9.17, 15) is 14.9 Å². The first-order valence-corrected chi connectivity index (χ1v) is 15.8. The maximum Gasteiger partial charge on any atom is 0.311 e. The fourth-order valence-electron chi connectivity index (χ4n) is 4.87. The third-order valence-corrected chi connectivity index (χ3v) is 8.41. The van der Waals surface area contributed by atoms with Crippen molar-refractivity contribution in [3.05, 3.63) is 124 Å². The number of aryl methyl sites for hydroxylation is 1. The van der Waals surface area contributed by atoms with Gasteiger partial charge in [-0.15, -0.1) is 0 Å². The molecular weight excluding hydrogens is 704 g/mol. The topological polar surface area (TPSA) is 109 Å². The predicted molar refractivity (Wildman–Crippen MR) is 184 cm³/mol. The lowest BCUT2D eigenvalue weighted by atomic mass is 9.96. The van der Waals surface area contributed by atoms with Crippen molar-refractivity contribution in [2.24, 2.45) is 5.10 Å². The number of hydrogen-bond donors (Lipinski definition) is 0. The lowest BCUT2D eigenvalue weighted by Gasteiger charge is -2.18. The first kappa shape index (κ1) is 32.1. The molecule has 0 saturated carbocycles. The van der Waals surface area contributed by atoms with Crippen LogP contribution in [-0.2, 0) is 6.61 Å². The van der Waals surface area contributed by atoms with Gasteiger partial charge in [-0.25, -0.2) is 4.98 Å². The van der Waals surface area contributed by atoms with Gasteiger partial charge in [-0.3, -0.25) is 14.9 Å². The number of aromatic nitrogens is 2. The minimum Gasteiger partial charge on any atom is -0.494 e. The molecule has 0 N–H and O–H groups in total. The van der Waals surface area contributed by atoms with Crippen LogP contribution in [0.1, 0.15) is 48.9 Å². The molecule has 11 heteroatoms. The lowest BCUT2D eigenvalue weighted by Crippen LogP contribution is -2.21. The molecule has 0 amide bonds. The Bertz CT molecular complexity index is 2010. The molecule has 0 fully saturated rings. The Kier molecular flexibility index (Phi) is 9.79. The van der Waals surface area contributed by atoms with Crippen LogP contribution in [0.2, 0.25) is 0 Å². The normalized spacial score (nSPS) is 11.4. The molecule has 45 heavy (non-hydrogen) atoms. The molecule has 1 aromatic heterocycles. The van der Waals surface area contributed by atoms with Crippen LogP contribution in [-0.4, -0.2) is 27.4 Å². The molecule has 0 aliphatic carbocycles. The van der Waals surface area contributed by atoms with Crippen molar-refractivity contribution in [2.75, 3.05) is 6.61 Å². The zero-order chi connectivity index (χ0) is 32.2. The number of hydrogen-bond acceptors (Lipinski definition) is 7. The summed E-state index contributed by atoms with van der Waals surface area (Å²) in [5.74, 6) is 1.41. The number of nitrogens with zero attached hydrogens (tertiary/aromatic N) is 4. The van der Waals surface area contributed by atoms with Crippen molar-refractivity contribution < 1.29 is 14.4 Å². The molecule has 230 valence electrons. The van der Waals surface area contributed by atoms with Crippen molar-refractivity contribution in [1.29, 1.82) is 0 Å². The van der Waals surface area contributed by atoms with Gasteiger partial charge in [0.2, 0.25) is 0 Å². The summed E-state index contributed by atoms with van der Waals surface area (Å²) in [4.78, 5) is 30.1. The highest BCUT2D eigenvalue weighted by atomic mass is 79.9. The van der Waals surface area contributed by atoms with Crippen molar-refractivity contribution in [3.63, 3.8) is 0 Å². The van der Waals surface area contributed by atoms with Crippen LogP contribution in [0.3, 0.4) is 0 Å². The van der Waals surface area contributed by atoms with Crippen LogP contribution in [0.4, 0.5) is 5.69 Å². The standard InChI is InChI=1S/C34H30Br2N4O5/c1-5-44-32-14-21(4)27(17-26(32)20(2)3)33-38-29-9-7-6-8-25(29)34(41)39(33)37-18-22-10-13-31(30(15-22)40(42)43)45-19-23-11-12-24(35)16-28(23)36/h6-18,20H,5,19H2,1-4H3. The van der Waals surface area contributed by atoms with Gasteiger partial charge >= 0.3 is 5.69 Å². The Balaban J connectivity index is 1.57. The van der Waals surface area contributed by atoms with Gasteiger partial charge in [0, 0.05) is 31.7 Å². The summed E-state index contributed by atoms with van der Waals surface area (Å²) in [6.07, 6.45) is 1.41. The number of nitro groups is 1. The van der Waals surface area contributed by atoms with E-state index < -0.39 is 4.92 Å². The molecule has 1 heterocycles. The summed E-state index contributed by atoms with van der Waals surface area (Å²) in [6, 6.07) is 21.2. The number of rotatable bonds is 10. The maximum atomic E-state index is 13.8. The van der Waals surface area contributed by atoms with E-state index in [1.807, 2.05) is 50.2 Å². The molecular formula is C34H30Br2N4O5. The van der Waals surface area contributed by atoms with E-state index in [1.165, 1.54) is 23.0 Å². The van der Waals surface area contributed by atoms with Crippen molar-refractivity contribution in [2.45, 2.75) is 40.2 Å². The Morgan fingerprint density at radius 3 is 2.51 bits per heavy atom. The minimum atomic E-state index is -0.505. The molecule has 5 rings (SSSR count). The van der Waals surface area contributed by atoms with Gasteiger partial charge in [0.15, 0.2) is 11.6 Å². The summed E-state index contributed by atoms with van der Waals surface area (Å²) in [6.45, 7) is 8.69. The monoisotopic (exact) mass is 732 g/mol. The molecule has 0 aliphatic rings. The fraction of sp³-hybridized carbons (Fsp3) is 0.206. The van der Waals surface area contributed by atoms with Crippen LogP contribution in [0.15, 0.2) is 91.6 Å². The molecule has 9 nitrogen and oxygen atoms in total. The molecule has 0 aliphatic heterocycles. The summed E-state index contributed by atoms with van der Waals surface area (Å²) >= 11 is 6.91. The maximum absolute atomic E-state index is 13.8. The zero-order valence-electron chi connectivity index (χ0n) is 25.1. The molecule has 0 atom stereocenters. The first-order chi connectivity index (χ1) is 21.6.